The molecular formula is C19H23NO6. The second-order valence-electron chi connectivity index (χ2n) is 5.83. The molecule has 0 aromatic heterocycles. The van der Waals surface area contributed by atoms with Gasteiger partial charge in [-0.2, -0.15) is 0 Å². The molecule has 0 bridgehead atoms. The van der Waals surface area contributed by atoms with E-state index in [9.17, 15) is 9.59 Å². The molecule has 0 spiro atoms. The predicted octanol–water partition coefficient (Wildman–Crippen LogP) is 2.50. The van der Waals surface area contributed by atoms with Crippen LogP contribution in [0.1, 0.15) is 25.3 Å². The number of methoxy groups -OCH3 is 4. The quantitative estimate of drug-likeness (QED) is 0.749. The summed E-state index contributed by atoms with van der Waals surface area (Å²) in [5.41, 5.74) is 1.96. The highest BCUT2D eigenvalue weighted by Gasteiger charge is 2.43. The van der Waals surface area contributed by atoms with E-state index >= 15 is 0 Å². The van der Waals surface area contributed by atoms with Gasteiger partial charge in [0, 0.05) is 22.9 Å². The SMILES string of the molecule is COC(=O)C1=C(C)N=C(C)C(C(=O)OC)[C@@H]1c1cc(OC)ccc1OC. The maximum Gasteiger partial charge on any atom is 0.336 e. The van der Waals surface area contributed by atoms with Crippen LogP contribution < -0.4 is 9.47 Å². The first-order chi connectivity index (χ1) is 12.4. The monoisotopic (exact) mass is 361 g/mol. The van der Waals surface area contributed by atoms with Crippen LogP contribution in [-0.2, 0) is 19.1 Å². The van der Waals surface area contributed by atoms with E-state index in [0.29, 0.717) is 34.0 Å². The average Bonchev–Trinajstić information content (AvgIpc) is 2.65. The Labute approximate surface area is 152 Å². The molecule has 0 aliphatic carbocycles. The molecule has 2 rings (SSSR count). The summed E-state index contributed by atoms with van der Waals surface area (Å²) in [5.74, 6) is -1.39. The van der Waals surface area contributed by atoms with Gasteiger partial charge in [-0.05, 0) is 32.0 Å². The molecule has 0 saturated carbocycles. The van der Waals surface area contributed by atoms with Gasteiger partial charge in [0.1, 0.15) is 17.4 Å². The number of hydrogen-bond donors (Lipinski definition) is 0. The van der Waals surface area contributed by atoms with Gasteiger partial charge in [0.05, 0.1) is 34.0 Å². The largest absolute Gasteiger partial charge is 0.497 e. The Morgan fingerprint density at radius 1 is 1.00 bits per heavy atom. The number of rotatable bonds is 5. The molecule has 140 valence electrons. The normalized spacial score (nSPS) is 19.5. The lowest BCUT2D eigenvalue weighted by atomic mass is 9.75. The van der Waals surface area contributed by atoms with Crippen molar-refractivity contribution in [3.05, 3.63) is 35.0 Å². The Morgan fingerprint density at radius 3 is 2.23 bits per heavy atom. The molecule has 26 heavy (non-hydrogen) atoms. The van der Waals surface area contributed by atoms with Crippen molar-refractivity contribution in [2.75, 3.05) is 28.4 Å². The van der Waals surface area contributed by atoms with E-state index in [1.165, 1.54) is 21.3 Å². The number of allylic oxidation sites excluding steroid dienone is 1. The standard InChI is InChI=1S/C19H23NO6/c1-10-15(18(21)25-5)17(16(11(2)20-10)19(22)26-6)13-9-12(23-3)7-8-14(13)24-4/h7-9,15,17H,1-6H3/t15?,17-/m0/s1. The van der Waals surface area contributed by atoms with Crippen LogP contribution in [0.3, 0.4) is 0 Å². The third-order valence-electron chi connectivity index (χ3n) is 4.46. The molecule has 0 radical (unpaired) electrons. The number of carbonyl (C=O) groups excluding carboxylic acids is 2. The zero-order chi connectivity index (χ0) is 19.4. The summed E-state index contributed by atoms with van der Waals surface area (Å²) in [6, 6.07) is 5.22. The van der Waals surface area contributed by atoms with E-state index in [2.05, 4.69) is 4.99 Å². The highest BCUT2D eigenvalue weighted by molar-refractivity contribution is 6.07. The Morgan fingerprint density at radius 2 is 1.69 bits per heavy atom. The first-order valence-electron chi connectivity index (χ1n) is 8.03. The highest BCUT2D eigenvalue weighted by atomic mass is 16.5. The summed E-state index contributed by atoms with van der Waals surface area (Å²) in [6.45, 7) is 3.45. The first kappa shape index (κ1) is 19.5. The minimum atomic E-state index is -0.779. The Balaban J connectivity index is 2.78. The molecule has 0 fully saturated rings. The third kappa shape index (κ3) is 3.42. The van der Waals surface area contributed by atoms with Gasteiger partial charge in [-0.25, -0.2) is 4.79 Å². The van der Waals surface area contributed by atoms with Gasteiger partial charge < -0.3 is 18.9 Å². The summed E-state index contributed by atoms with van der Waals surface area (Å²) in [5, 5.41) is 0. The number of hydrogen-bond acceptors (Lipinski definition) is 7. The fraction of sp³-hybridized carbons (Fsp3) is 0.421. The number of nitrogens with zero attached hydrogens (tertiary/aromatic N) is 1. The second kappa shape index (κ2) is 8.03. The number of benzene rings is 1. The third-order valence-corrected chi connectivity index (χ3v) is 4.46. The van der Waals surface area contributed by atoms with Gasteiger partial charge in [-0.3, -0.25) is 9.79 Å². The molecule has 1 aromatic rings. The molecule has 0 saturated heterocycles. The van der Waals surface area contributed by atoms with Crippen LogP contribution in [0.2, 0.25) is 0 Å². The number of ether oxygens (including phenoxy) is 4. The van der Waals surface area contributed by atoms with Crippen LogP contribution in [-0.4, -0.2) is 46.1 Å². The van der Waals surface area contributed by atoms with Crippen LogP contribution in [0, 0.1) is 5.92 Å². The van der Waals surface area contributed by atoms with E-state index in [1.807, 2.05) is 0 Å². The minimum Gasteiger partial charge on any atom is -0.497 e. The molecule has 2 atom stereocenters. The van der Waals surface area contributed by atoms with E-state index in [4.69, 9.17) is 18.9 Å². The smallest absolute Gasteiger partial charge is 0.336 e. The minimum absolute atomic E-state index is 0.292. The number of aliphatic imine (C=N–C) groups is 1. The lowest BCUT2D eigenvalue weighted by Gasteiger charge is -2.32. The maximum absolute atomic E-state index is 12.5. The molecule has 1 aliphatic rings. The van der Waals surface area contributed by atoms with E-state index in [-0.39, 0.29) is 0 Å². The summed E-state index contributed by atoms with van der Waals surface area (Å²) in [7, 11) is 5.66. The van der Waals surface area contributed by atoms with Crippen molar-refractivity contribution < 1.29 is 28.5 Å². The maximum atomic E-state index is 12.5. The molecule has 7 heteroatoms. The van der Waals surface area contributed by atoms with Crippen molar-refractivity contribution in [3.8, 4) is 11.5 Å². The molecular weight excluding hydrogens is 338 g/mol. The second-order valence-corrected chi connectivity index (χ2v) is 5.83. The van der Waals surface area contributed by atoms with Gasteiger partial charge in [0.15, 0.2) is 0 Å². The van der Waals surface area contributed by atoms with Crippen LogP contribution in [0.4, 0.5) is 0 Å². The Kier molecular flexibility index (Phi) is 6.02. The molecule has 1 aromatic carbocycles. The lowest BCUT2D eigenvalue weighted by Crippen LogP contribution is -2.36. The predicted molar refractivity (Wildman–Crippen MR) is 95.6 cm³/mol. The van der Waals surface area contributed by atoms with Crippen LogP contribution in [0.25, 0.3) is 0 Å². The molecule has 1 heterocycles. The van der Waals surface area contributed by atoms with Crippen LogP contribution >= 0.6 is 0 Å². The van der Waals surface area contributed by atoms with Gasteiger partial charge in [0.2, 0.25) is 0 Å². The zero-order valence-electron chi connectivity index (χ0n) is 15.8. The lowest BCUT2D eigenvalue weighted by molar-refractivity contribution is -0.143. The van der Waals surface area contributed by atoms with E-state index in [1.54, 1.807) is 39.2 Å². The molecule has 1 unspecified atom stereocenters. The van der Waals surface area contributed by atoms with Gasteiger partial charge in [0.25, 0.3) is 0 Å². The van der Waals surface area contributed by atoms with Crippen molar-refractivity contribution in [2.24, 2.45) is 10.9 Å². The van der Waals surface area contributed by atoms with Crippen LogP contribution in [0.15, 0.2) is 34.5 Å². The summed E-state index contributed by atoms with van der Waals surface area (Å²) >= 11 is 0. The molecule has 1 aliphatic heterocycles. The summed E-state index contributed by atoms with van der Waals surface area (Å²) in [6.07, 6.45) is 0. The molecule has 7 nitrogen and oxygen atoms in total. The van der Waals surface area contributed by atoms with Crippen molar-refractivity contribution in [3.63, 3.8) is 0 Å². The van der Waals surface area contributed by atoms with E-state index in [0.717, 1.165) is 0 Å². The van der Waals surface area contributed by atoms with Crippen molar-refractivity contribution in [1.82, 2.24) is 0 Å². The Hall–Kier alpha value is -2.83. The topological polar surface area (TPSA) is 83.4 Å². The molecule has 0 N–H and O–H groups in total. The fourth-order valence-corrected chi connectivity index (χ4v) is 3.26. The van der Waals surface area contributed by atoms with Crippen molar-refractivity contribution in [2.45, 2.75) is 19.8 Å². The fourth-order valence-electron chi connectivity index (χ4n) is 3.26. The van der Waals surface area contributed by atoms with Gasteiger partial charge >= 0.3 is 11.9 Å². The van der Waals surface area contributed by atoms with Gasteiger partial charge in [-0.15, -0.1) is 0 Å². The van der Waals surface area contributed by atoms with Crippen LogP contribution in [0.5, 0.6) is 11.5 Å². The number of esters is 2. The first-order valence-corrected chi connectivity index (χ1v) is 8.03. The molecule has 0 amide bonds. The summed E-state index contributed by atoms with van der Waals surface area (Å²) in [4.78, 5) is 29.4. The van der Waals surface area contributed by atoms with Crippen molar-refractivity contribution in [1.29, 1.82) is 0 Å². The summed E-state index contributed by atoms with van der Waals surface area (Å²) < 4.78 is 20.7. The number of carbonyl (C=O) groups is 2. The van der Waals surface area contributed by atoms with Crippen molar-refractivity contribution >= 4 is 17.7 Å². The van der Waals surface area contributed by atoms with E-state index < -0.39 is 23.8 Å². The zero-order valence-corrected chi connectivity index (χ0v) is 15.8. The highest BCUT2D eigenvalue weighted by Crippen LogP contribution is 2.44. The average molecular weight is 361 g/mol. The van der Waals surface area contributed by atoms with Gasteiger partial charge in [-0.1, -0.05) is 0 Å². The Bertz CT molecular complexity index is 780.